The normalized spacial score (nSPS) is 19.7. The number of hydrogen-bond acceptors (Lipinski definition) is 10. The van der Waals surface area contributed by atoms with Crippen LogP contribution in [0.1, 0.15) is 76.9 Å². The van der Waals surface area contributed by atoms with Crippen LogP contribution in [0, 0.1) is 5.41 Å². The third kappa shape index (κ3) is 7.47. The molecule has 3 saturated heterocycles. The molecule has 4 aliphatic heterocycles. The summed E-state index contributed by atoms with van der Waals surface area (Å²) in [6.45, 7) is 1.63. The fourth-order valence-corrected chi connectivity index (χ4v) is 10.1. The van der Waals surface area contributed by atoms with Gasteiger partial charge >= 0.3 is 6.03 Å². The molecule has 15 nitrogen and oxygen atoms in total. The Morgan fingerprint density at radius 1 is 0.906 bits per heavy atom. The van der Waals surface area contributed by atoms with Gasteiger partial charge in [0.2, 0.25) is 5.91 Å². The SMILES string of the molecule is CNc1cc(N2CCc3c(-c4ccc(CN5CCC6(CCN(C(=O)c7ccc(Cl)c(N8CCC(=O)NC8=O)c7)CC6)C(F)(F)C5)cn4)cccc32)nn2c(C(=O)NC3CCC3)cnc12. The maximum absolute atomic E-state index is 16.2. The molecule has 0 radical (unpaired) electrons. The molecule has 5 aromatic rings. The number of aromatic nitrogens is 4. The largest absolute Gasteiger partial charge is 0.385 e. The number of alkyl halides is 2. The number of carbonyl (C=O) groups is 4. The van der Waals surface area contributed by atoms with E-state index in [4.69, 9.17) is 21.7 Å². The minimum atomic E-state index is -2.97. The molecule has 1 spiro atoms. The van der Waals surface area contributed by atoms with Gasteiger partial charge in [0.05, 0.1) is 34.8 Å². The second-order valence-corrected chi connectivity index (χ2v) is 18.0. The van der Waals surface area contributed by atoms with Crippen molar-refractivity contribution in [1.29, 1.82) is 0 Å². The van der Waals surface area contributed by atoms with Gasteiger partial charge in [-0.1, -0.05) is 29.8 Å². The number of nitrogens with one attached hydrogen (secondary N) is 3. The summed E-state index contributed by atoms with van der Waals surface area (Å²) < 4.78 is 34.1. The zero-order chi connectivity index (χ0) is 44.3. The average Bonchev–Trinajstić information content (AvgIpc) is 3.92. The van der Waals surface area contributed by atoms with Gasteiger partial charge in [-0.3, -0.25) is 34.5 Å². The summed E-state index contributed by atoms with van der Waals surface area (Å²) in [5.74, 6) is -3.17. The molecule has 0 atom stereocenters. The van der Waals surface area contributed by atoms with Gasteiger partial charge in [-0.05, 0) is 92.9 Å². The Hall–Kier alpha value is -6.20. The first-order valence-electron chi connectivity index (χ1n) is 21.9. The molecule has 1 aliphatic carbocycles. The molecular formula is C46H48ClF2N11O4. The molecule has 5 amide bonds. The third-order valence-electron chi connectivity index (χ3n) is 13.9. The van der Waals surface area contributed by atoms with Crippen molar-refractivity contribution in [2.45, 2.75) is 69.9 Å². The number of anilines is 4. The van der Waals surface area contributed by atoms with Crippen molar-refractivity contribution in [2.24, 2.45) is 5.41 Å². The zero-order valence-corrected chi connectivity index (χ0v) is 36.1. The van der Waals surface area contributed by atoms with Gasteiger partial charge in [-0.2, -0.15) is 0 Å². The van der Waals surface area contributed by atoms with Gasteiger partial charge in [0, 0.05) is 86.7 Å². The predicted molar refractivity (Wildman–Crippen MR) is 237 cm³/mol. The molecule has 3 N–H and O–H groups in total. The van der Waals surface area contributed by atoms with Crippen molar-refractivity contribution < 1.29 is 28.0 Å². The molecule has 18 heteroatoms. The van der Waals surface area contributed by atoms with E-state index in [1.165, 1.54) is 17.0 Å². The molecule has 0 unspecified atom stereocenters. The number of imide groups is 1. The number of fused-ring (bicyclic) bond motifs is 2. The third-order valence-corrected chi connectivity index (χ3v) is 14.2. The number of pyridine rings is 1. The second kappa shape index (κ2) is 16.4. The van der Waals surface area contributed by atoms with E-state index in [0.29, 0.717) is 54.5 Å². The van der Waals surface area contributed by atoms with Crippen LogP contribution in [0.2, 0.25) is 5.02 Å². The molecule has 1 saturated carbocycles. The standard InChI is InChI=1S/C46H48ClF2N11O4/c1-50-35-23-39(55-60-38(25-52-41(35)60)42(62)53-30-4-2-5-30)58-17-12-32-31(6-3-7-36(32)58)34-11-8-28(24-51-34)26-56-19-14-45(46(48,49)27-56)15-20-57(21-16-45)43(63)29-9-10-33(47)37(22-29)59-18-13-40(61)54-44(59)64/h3,6-11,22-25,30,50H,2,4-5,12-21,26-27H2,1H3,(H,53,62)(H,54,61,64). The van der Waals surface area contributed by atoms with E-state index in [0.717, 1.165) is 59.4 Å². The Labute approximate surface area is 373 Å². The lowest BCUT2D eigenvalue weighted by molar-refractivity contribution is -0.186. The fraction of sp³-hybridized carbons (Fsp3) is 0.413. The first-order valence-corrected chi connectivity index (χ1v) is 22.3. The number of halogens is 3. The number of benzene rings is 2. The van der Waals surface area contributed by atoms with Crippen LogP contribution in [-0.2, 0) is 17.8 Å². The van der Waals surface area contributed by atoms with E-state index in [-0.39, 0.29) is 74.2 Å². The van der Waals surface area contributed by atoms with Crippen LogP contribution in [0.25, 0.3) is 16.9 Å². The summed E-state index contributed by atoms with van der Waals surface area (Å²) in [6, 6.07) is 16.2. The highest BCUT2D eigenvalue weighted by Crippen LogP contribution is 2.51. The molecule has 332 valence electrons. The Morgan fingerprint density at radius 2 is 1.70 bits per heavy atom. The van der Waals surface area contributed by atoms with Gasteiger partial charge in [-0.25, -0.2) is 23.1 Å². The van der Waals surface area contributed by atoms with Crippen molar-refractivity contribution in [3.05, 3.63) is 94.4 Å². The lowest BCUT2D eigenvalue weighted by atomic mass is 9.68. The first kappa shape index (κ1) is 41.8. The molecule has 64 heavy (non-hydrogen) atoms. The van der Waals surface area contributed by atoms with Gasteiger partial charge in [0.15, 0.2) is 17.2 Å². The Balaban J connectivity index is 0.782. The van der Waals surface area contributed by atoms with Crippen LogP contribution in [0.5, 0.6) is 0 Å². The van der Waals surface area contributed by atoms with Gasteiger partial charge in [0.25, 0.3) is 17.7 Å². The van der Waals surface area contributed by atoms with Crippen molar-refractivity contribution in [3.8, 4) is 11.3 Å². The number of rotatable bonds is 9. The molecule has 2 aromatic carbocycles. The van der Waals surface area contributed by atoms with Crippen LogP contribution in [0.15, 0.2) is 67.0 Å². The van der Waals surface area contributed by atoms with E-state index in [1.807, 2.05) is 31.3 Å². The van der Waals surface area contributed by atoms with Gasteiger partial charge in [0.1, 0.15) is 0 Å². The van der Waals surface area contributed by atoms with Crippen LogP contribution in [-0.4, -0.2) is 111 Å². The van der Waals surface area contributed by atoms with E-state index in [2.05, 4.69) is 38.0 Å². The summed E-state index contributed by atoms with van der Waals surface area (Å²) in [5, 5.41) is 13.7. The second-order valence-electron chi connectivity index (χ2n) is 17.6. The molecule has 5 aliphatic rings. The summed E-state index contributed by atoms with van der Waals surface area (Å²) >= 11 is 6.39. The number of nitrogens with zero attached hydrogens (tertiary/aromatic N) is 8. The van der Waals surface area contributed by atoms with E-state index in [1.54, 1.807) is 32.8 Å². The topological polar surface area (TPSA) is 160 Å². The number of piperidine rings is 2. The minimum absolute atomic E-state index is 0.106. The maximum Gasteiger partial charge on any atom is 0.328 e. The van der Waals surface area contributed by atoms with Crippen molar-refractivity contribution in [3.63, 3.8) is 0 Å². The smallest absolute Gasteiger partial charge is 0.328 e. The minimum Gasteiger partial charge on any atom is -0.385 e. The van der Waals surface area contributed by atoms with Crippen molar-refractivity contribution in [1.82, 2.24) is 40.0 Å². The van der Waals surface area contributed by atoms with E-state index in [9.17, 15) is 19.2 Å². The Bertz CT molecular complexity index is 2680. The van der Waals surface area contributed by atoms with Crippen LogP contribution < -0.4 is 25.8 Å². The van der Waals surface area contributed by atoms with Gasteiger partial charge < -0.3 is 20.4 Å². The molecule has 3 aromatic heterocycles. The highest BCUT2D eigenvalue weighted by molar-refractivity contribution is 6.34. The van der Waals surface area contributed by atoms with Gasteiger partial charge in [-0.15, -0.1) is 5.10 Å². The number of likely N-dealkylation sites (tertiary alicyclic amines) is 2. The summed E-state index contributed by atoms with van der Waals surface area (Å²) in [7, 11) is 1.82. The summed E-state index contributed by atoms with van der Waals surface area (Å²) in [4.78, 5) is 67.1. The Kier molecular flexibility index (Phi) is 10.7. The highest BCUT2D eigenvalue weighted by atomic mass is 35.5. The van der Waals surface area contributed by atoms with Crippen LogP contribution >= 0.6 is 11.6 Å². The number of amides is 5. The molecule has 0 bridgehead atoms. The number of hydrogen-bond donors (Lipinski definition) is 3. The van der Waals surface area contributed by atoms with E-state index >= 15 is 8.78 Å². The average molecular weight is 892 g/mol. The fourth-order valence-electron chi connectivity index (χ4n) is 9.89. The predicted octanol–water partition coefficient (Wildman–Crippen LogP) is 6.67. The maximum atomic E-state index is 16.2. The van der Waals surface area contributed by atoms with Crippen LogP contribution in [0.4, 0.5) is 36.5 Å². The number of imidazole rings is 1. The summed E-state index contributed by atoms with van der Waals surface area (Å²) in [5.41, 5.74) is 5.86. The lowest BCUT2D eigenvalue weighted by Gasteiger charge is -2.51. The number of urea groups is 1. The van der Waals surface area contributed by atoms with E-state index < -0.39 is 17.4 Å². The number of carbonyl (C=O) groups excluding carboxylic acids is 4. The summed E-state index contributed by atoms with van der Waals surface area (Å²) in [6.07, 6.45) is 7.94. The van der Waals surface area contributed by atoms with Crippen molar-refractivity contribution >= 4 is 63.9 Å². The monoisotopic (exact) mass is 891 g/mol. The van der Waals surface area contributed by atoms with Crippen LogP contribution in [0.3, 0.4) is 0 Å². The quantitative estimate of drug-likeness (QED) is 0.146. The van der Waals surface area contributed by atoms with Crippen molar-refractivity contribution in [2.75, 3.05) is 61.4 Å². The molecular weight excluding hydrogens is 844 g/mol. The zero-order valence-electron chi connectivity index (χ0n) is 35.4. The molecule has 4 fully saturated rings. The molecule has 7 heterocycles. The first-order chi connectivity index (χ1) is 30.9. The lowest BCUT2D eigenvalue weighted by Crippen LogP contribution is -2.59. The Morgan fingerprint density at radius 3 is 2.42 bits per heavy atom. The molecule has 10 rings (SSSR count). The highest BCUT2D eigenvalue weighted by Gasteiger charge is 2.57.